The number of likely N-dealkylation sites (N-methyl/N-ethyl adjacent to an activating group) is 1. The maximum atomic E-state index is 12.3. The lowest BCUT2D eigenvalue weighted by Crippen LogP contribution is -2.41. The lowest BCUT2D eigenvalue weighted by Gasteiger charge is -2.24. The van der Waals surface area contributed by atoms with Crippen LogP contribution >= 0.6 is 0 Å². The van der Waals surface area contributed by atoms with E-state index in [-0.39, 0.29) is 18.3 Å². The standard InChI is InChI=1S/C16H23NO4/c1-5-17(10-9-15(18)20-4)16(19)13(3)21-14-8-6-7-12(2)11-14/h6-8,11,13H,5,9-10H2,1-4H3. The highest BCUT2D eigenvalue weighted by Gasteiger charge is 2.21. The molecule has 1 unspecified atom stereocenters. The van der Waals surface area contributed by atoms with Crippen molar-refractivity contribution in [3.8, 4) is 5.75 Å². The van der Waals surface area contributed by atoms with Gasteiger partial charge in [-0.1, -0.05) is 12.1 Å². The average molecular weight is 293 g/mol. The van der Waals surface area contributed by atoms with Crippen molar-refractivity contribution in [2.45, 2.75) is 33.3 Å². The number of aryl methyl sites for hydroxylation is 1. The van der Waals surface area contributed by atoms with Gasteiger partial charge in [0.1, 0.15) is 5.75 Å². The summed E-state index contributed by atoms with van der Waals surface area (Å²) < 4.78 is 10.3. The molecule has 21 heavy (non-hydrogen) atoms. The van der Waals surface area contributed by atoms with Gasteiger partial charge in [0, 0.05) is 13.1 Å². The Labute approximate surface area is 125 Å². The van der Waals surface area contributed by atoms with Crippen molar-refractivity contribution in [3.63, 3.8) is 0 Å². The van der Waals surface area contributed by atoms with Gasteiger partial charge in [0.05, 0.1) is 13.5 Å². The fourth-order valence-electron chi connectivity index (χ4n) is 1.95. The highest BCUT2D eigenvalue weighted by molar-refractivity contribution is 5.81. The Balaban J connectivity index is 2.60. The first kappa shape index (κ1) is 17.0. The van der Waals surface area contributed by atoms with Crippen LogP contribution in [0.1, 0.15) is 25.8 Å². The SMILES string of the molecule is CCN(CCC(=O)OC)C(=O)C(C)Oc1cccc(C)c1. The predicted octanol–water partition coefficient (Wildman–Crippen LogP) is 2.17. The highest BCUT2D eigenvalue weighted by atomic mass is 16.5. The fourth-order valence-corrected chi connectivity index (χ4v) is 1.95. The van der Waals surface area contributed by atoms with Crippen LogP contribution in [0.4, 0.5) is 0 Å². The Kier molecular flexibility index (Phi) is 6.72. The van der Waals surface area contributed by atoms with Crippen molar-refractivity contribution in [2.24, 2.45) is 0 Å². The van der Waals surface area contributed by atoms with E-state index in [0.29, 0.717) is 18.8 Å². The minimum absolute atomic E-state index is 0.136. The van der Waals surface area contributed by atoms with Crippen LogP contribution in [0.3, 0.4) is 0 Å². The van der Waals surface area contributed by atoms with Crippen LogP contribution in [0, 0.1) is 6.92 Å². The van der Waals surface area contributed by atoms with E-state index in [0.717, 1.165) is 5.56 Å². The molecule has 0 saturated carbocycles. The number of hydrogen-bond donors (Lipinski definition) is 0. The Morgan fingerprint density at radius 2 is 2.05 bits per heavy atom. The van der Waals surface area contributed by atoms with Crippen LogP contribution in [0.25, 0.3) is 0 Å². The van der Waals surface area contributed by atoms with Gasteiger partial charge in [-0.15, -0.1) is 0 Å². The Bertz CT molecular complexity index is 487. The molecule has 0 bridgehead atoms. The van der Waals surface area contributed by atoms with Gasteiger partial charge in [-0.05, 0) is 38.5 Å². The van der Waals surface area contributed by atoms with E-state index >= 15 is 0 Å². The third-order valence-corrected chi connectivity index (χ3v) is 3.16. The van der Waals surface area contributed by atoms with E-state index in [9.17, 15) is 9.59 Å². The molecular weight excluding hydrogens is 270 g/mol. The first-order valence-corrected chi connectivity index (χ1v) is 7.06. The van der Waals surface area contributed by atoms with E-state index in [1.165, 1.54) is 7.11 Å². The summed E-state index contributed by atoms with van der Waals surface area (Å²) in [4.78, 5) is 25.1. The highest BCUT2D eigenvalue weighted by Crippen LogP contribution is 2.15. The van der Waals surface area contributed by atoms with Crippen molar-refractivity contribution in [3.05, 3.63) is 29.8 Å². The molecule has 1 atom stereocenters. The minimum Gasteiger partial charge on any atom is -0.481 e. The lowest BCUT2D eigenvalue weighted by molar-refractivity contribution is -0.143. The van der Waals surface area contributed by atoms with Crippen LogP contribution in [0.2, 0.25) is 0 Å². The molecule has 0 radical (unpaired) electrons. The van der Waals surface area contributed by atoms with E-state index in [4.69, 9.17) is 4.74 Å². The van der Waals surface area contributed by atoms with Crippen molar-refractivity contribution >= 4 is 11.9 Å². The van der Waals surface area contributed by atoms with Gasteiger partial charge in [-0.3, -0.25) is 9.59 Å². The Morgan fingerprint density at radius 1 is 1.33 bits per heavy atom. The maximum absolute atomic E-state index is 12.3. The largest absolute Gasteiger partial charge is 0.481 e. The average Bonchev–Trinajstić information content (AvgIpc) is 2.47. The predicted molar refractivity (Wildman–Crippen MR) is 80.2 cm³/mol. The molecule has 0 aliphatic heterocycles. The first-order chi connectivity index (χ1) is 9.97. The summed E-state index contributed by atoms with van der Waals surface area (Å²) in [6.07, 6.45) is -0.405. The topological polar surface area (TPSA) is 55.8 Å². The molecule has 1 rings (SSSR count). The Morgan fingerprint density at radius 3 is 2.62 bits per heavy atom. The molecule has 0 fully saturated rings. The molecule has 1 amide bonds. The Hall–Kier alpha value is -2.04. The molecule has 0 aliphatic rings. The summed E-state index contributed by atoms with van der Waals surface area (Å²) in [5.41, 5.74) is 1.07. The van der Waals surface area contributed by atoms with Gasteiger partial charge in [-0.2, -0.15) is 0 Å². The lowest BCUT2D eigenvalue weighted by atomic mass is 10.2. The number of ether oxygens (including phenoxy) is 2. The molecule has 0 aromatic heterocycles. The smallest absolute Gasteiger partial charge is 0.307 e. The molecule has 0 spiro atoms. The molecule has 0 aliphatic carbocycles. The molecule has 0 saturated heterocycles. The number of carbonyl (C=O) groups excluding carboxylic acids is 2. The minimum atomic E-state index is -0.593. The normalized spacial score (nSPS) is 11.6. The molecule has 1 aromatic carbocycles. The zero-order chi connectivity index (χ0) is 15.8. The molecule has 5 nitrogen and oxygen atoms in total. The second-order valence-corrected chi connectivity index (χ2v) is 4.82. The molecule has 5 heteroatoms. The summed E-state index contributed by atoms with van der Waals surface area (Å²) in [5, 5.41) is 0. The number of benzene rings is 1. The zero-order valence-corrected chi connectivity index (χ0v) is 13.1. The molecule has 1 aromatic rings. The van der Waals surface area contributed by atoms with Crippen molar-refractivity contribution < 1.29 is 19.1 Å². The number of methoxy groups -OCH3 is 1. The fraction of sp³-hybridized carbons (Fsp3) is 0.500. The third kappa shape index (κ3) is 5.45. The number of carbonyl (C=O) groups is 2. The van der Waals surface area contributed by atoms with Crippen LogP contribution in [-0.4, -0.2) is 43.1 Å². The molecular formula is C16H23NO4. The van der Waals surface area contributed by atoms with Gasteiger partial charge in [0.2, 0.25) is 0 Å². The van der Waals surface area contributed by atoms with E-state index in [1.54, 1.807) is 11.8 Å². The van der Waals surface area contributed by atoms with E-state index in [2.05, 4.69) is 4.74 Å². The quantitative estimate of drug-likeness (QED) is 0.723. The second-order valence-electron chi connectivity index (χ2n) is 4.82. The summed E-state index contributed by atoms with van der Waals surface area (Å²) in [5.74, 6) is 0.205. The first-order valence-electron chi connectivity index (χ1n) is 7.06. The van der Waals surface area contributed by atoms with Crippen LogP contribution < -0.4 is 4.74 Å². The van der Waals surface area contributed by atoms with Crippen molar-refractivity contribution in [1.82, 2.24) is 4.90 Å². The van der Waals surface area contributed by atoms with Gasteiger partial charge in [0.25, 0.3) is 5.91 Å². The van der Waals surface area contributed by atoms with Crippen LogP contribution in [-0.2, 0) is 14.3 Å². The number of amides is 1. The van der Waals surface area contributed by atoms with Crippen molar-refractivity contribution in [2.75, 3.05) is 20.2 Å². The van der Waals surface area contributed by atoms with E-state index in [1.807, 2.05) is 38.1 Å². The third-order valence-electron chi connectivity index (χ3n) is 3.16. The molecule has 0 N–H and O–H groups in total. The van der Waals surface area contributed by atoms with Crippen LogP contribution in [0.5, 0.6) is 5.75 Å². The maximum Gasteiger partial charge on any atom is 0.307 e. The van der Waals surface area contributed by atoms with Gasteiger partial charge in [-0.25, -0.2) is 0 Å². The molecule has 116 valence electrons. The number of nitrogens with zero attached hydrogens (tertiary/aromatic N) is 1. The van der Waals surface area contributed by atoms with Crippen molar-refractivity contribution in [1.29, 1.82) is 0 Å². The number of hydrogen-bond acceptors (Lipinski definition) is 4. The number of rotatable bonds is 7. The summed E-state index contributed by atoms with van der Waals surface area (Å²) >= 11 is 0. The zero-order valence-electron chi connectivity index (χ0n) is 13.1. The van der Waals surface area contributed by atoms with E-state index < -0.39 is 6.10 Å². The number of esters is 1. The summed E-state index contributed by atoms with van der Waals surface area (Å²) in [7, 11) is 1.34. The van der Waals surface area contributed by atoms with Gasteiger partial charge in [0.15, 0.2) is 6.10 Å². The summed E-state index contributed by atoms with van der Waals surface area (Å²) in [6, 6.07) is 7.56. The van der Waals surface area contributed by atoms with Gasteiger partial charge < -0.3 is 14.4 Å². The molecule has 0 heterocycles. The second kappa shape index (κ2) is 8.29. The monoisotopic (exact) mass is 293 g/mol. The van der Waals surface area contributed by atoms with Gasteiger partial charge >= 0.3 is 5.97 Å². The summed E-state index contributed by atoms with van der Waals surface area (Å²) in [6.45, 7) is 6.41. The van der Waals surface area contributed by atoms with Crippen LogP contribution in [0.15, 0.2) is 24.3 Å².